The molecule has 0 aliphatic heterocycles. The first-order valence-electron chi connectivity index (χ1n) is 5.70. The van der Waals surface area contributed by atoms with Crippen LogP contribution in [0.2, 0.25) is 5.02 Å². The zero-order chi connectivity index (χ0) is 14.3. The van der Waals surface area contributed by atoms with Gasteiger partial charge in [-0.2, -0.15) is 0 Å². The highest BCUT2D eigenvalue weighted by Gasteiger charge is 2.18. The average molecular weight is 306 g/mol. The van der Waals surface area contributed by atoms with Gasteiger partial charge in [0.1, 0.15) is 0 Å². The molecule has 19 heavy (non-hydrogen) atoms. The summed E-state index contributed by atoms with van der Waals surface area (Å²) in [6, 6.07) is 6.18. The second-order valence-electron chi connectivity index (χ2n) is 3.84. The summed E-state index contributed by atoms with van der Waals surface area (Å²) in [6.07, 6.45) is -0.0999. The van der Waals surface area contributed by atoms with Crippen molar-refractivity contribution >= 4 is 27.3 Å². The Labute approximate surface area is 117 Å². The number of hydrogen-bond acceptors (Lipinski definition) is 4. The highest BCUT2D eigenvalue weighted by Crippen LogP contribution is 2.21. The average Bonchev–Trinajstić information content (AvgIpc) is 2.37. The van der Waals surface area contributed by atoms with Gasteiger partial charge in [-0.05, 0) is 12.1 Å². The number of benzene rings is 1. The molecule has 5 nitrogen and oxygen atoms in total. The third kappa shape index (κ3) is 5.18. The lowest BCUT2D eigenvalue weighted by atomic mass is 10.4. The molecule has 0 spiro atoms. The molecule has 106 valence electrons. The van der Waals surface area contributed by atoms with E-state index in [-0.39, 0.29) is 28.0 Å². The van der Waals surface area contributed by atoms with Gasteiger partial charge in [0.25, 0.3) is 0 Å². The standard InChI is InChI=1S/C12H16ClNO4S/c1-18-8-7-14-12(15)6-9-19(16,17)11-5-3-2-4-10(11)13/h2-5H,6-9H2,1H3,(H,14,15). The SMILES string of the molecule is COCCNC(=O)CCS(=O)(=O)c1ccccc1Cl. The Balaban J connectivity index is 2.57. The summed E-state index contributed by atoms with van der Waals surface area (Å²) >= 11 is 5.83. The summed E-state index contributed by atoms with van der Waals surface area (Å²) in [7, 11) is -2.02. The Kier molecular flexibility index (Phi) is 6.27. The Morgan fingerprint density at radius 1 is 1.37 bits per heavy atom. The van der Waals surface area contributed by atoms with E-state index in [1.165, 1.54) is 19.2 Å². The van der Waals surface area contributed by atoms with Crippen molar-refractivity contribution in [1.29, 1.82) is 0 Å². The lowest BCUT2D eigenvalue weighted by Crippen LogP contribution is -2.28. The van der Waals surface area contributed by atoms with Crippen LogP contribution in [0.4, 0.5) is 0 Å². The van der Waals surface area contributed by atoms with Crippen LogP contribution in [-0.4, -0.2) is 40.3 Å². The van der Waals surface area contributed by atoms with E-state index in [4.69, 9.17) is 16.3 Å². The third-order valence-corrected chi connectivity index (χ3v) is 4.61. The number of ether oxygens (including phenoxy) is 1. The summed E-state index contributed by atoms with van der Waals surface area (Å²) in [5, 5.41) is 2.73. The second-order valence-corrected chi connectivity index (χ2v) is 6.33. The van der Waals surface area contributed by atoms with Crippen molar-refractivity contribution in [2.24, 2.45) is 0 Å². The van der Waals surface area contributed by atoms with Crippen molar-refractivity contribution in [2.75, 3.05) is 26.0 Å². The molecule has 0 aromatic heterocycles. The number of carbonyl (C=O) groups excluding carboxylic acids is 1. The van der Waals surface area contributed by atoms with Crippen LogP contribution in [0.5, 0.6) is 0 Å². The van der Waals surface area contributed by atoms with Crippen LogP contribution in [-0.2, 0) is 19.4 Å². The van der Waals surface area contributed by atoms with Gasteiger partial charge in [-0.1, -0.05) is 23.7 Å². The zero-order valence-corrected chi connectivity index (χ0v) is 12.1. The van der Waals surface area contributed by atoms with Crippen LogP contribution in [0.1, 0.15) is 6.42 Å². The molecule has 0 heterocycles. The van der Waals surface area contributed by atoms with E-state index in [1.54, 1.807) is 12.1 Å². The predicted octanol–water partition coefficient (Wildman–Crippen LogP) is 1.27. The molecule has 1 aromatic rings. The van der Waals surface area contributed by atoms with Crippen molar-refractivity contribution in [3.8, 4) is 0 Å². The summed E-state index contributed by atoms with van der Waals surface area (Å²) in [5.74, 6) is -0.595. The topological polar surface area (TPSA) is 72.5 Å². The fourth-order valence-electron chi connectivity index (χ4n) is 1.41. The van der Waals surface area contributed by atoms with Gasteiger partial charge < -0.3 is 10.1 Å². The van der Waals surface area contributed by atoms with E-state index in [2.05, 4.69) is 5.32 Å². The quantitative estimate of drug-likeness (QED) is 0.770. The second kappa shape index (κ2) is 7.47. The van der Waals surface area contributed by atoms with Gasteiger partial charge >= 0.3 is 0 Å². The first kappa shape index (κ1) is 15.9. The van der Waals surface area contributed by atoms with E-state index in [9.17, 15) is 13.2 Å². The maximum absolute atomic E-state index is 12.0. The molecule has 0 aliphatic carbocycles. The number of rotatable bonds is 7. The highest BCUT2D eigenvalue weighted by molar-refractivity contribution is 7.91. The van der Waals surface area contributed by atoms with Gasteiger partial charge in [-0.15, -0.1) is 0 Å². The van der Waals surface area contributed by atoms with Crippen LogP contribution in [0.3, 0.4) is 0 Å². The maximum Gasteiger partial charge on any atom is 0.221 e. The number of methoxy groups -OCH3 is 1. The smallest absolute Gasteiger partial charge is 0.221 e. The molecule has 0 aliphatic rings. The van der Waals surface area contributed by atoms with Gasteiger partial charge in [0.2, 0.25) is 5.91 Å². The number of hydrogen-bond donors (Lipinski definition) is 1. The van der Waals surface area contributed by atoms with Gasteiger partial charge in [-0.3, -0.25) is 4.79 Å². The van der Waals surface area contributed by atoms with Gasteiger partial charge in [-0.25, -0.2) is 8.42 Å². The minimum Gasteiger partial charge on any atom is -0.383 e. The van der Waals surface area contributed by atoms with Crippen LogP contribution < -0.4 is 5.32 Å². The van der Waals surface area contributed by atoms with Crippen molar-refractivity contribution < 1.29 is 17.9 Å². The monoisotopic (exact) mass is 305 g/mol. The van der Waals surface area contributed by atoms with Crippen molar-refractivity contribution in [3.63, 3.8) is 0 Å². The molecule has 0 radical (unpaired) electrons. The zero-order valence-electron chi connectivity index (χ0n) is 10.6. The van der Waals surface area contributed by atoms with E-state index in [0.29, 0.717) is 13.2 Å². The number of sulfone groups is 1. The number of nitrogens with one attached hydrogen (secondary N) is 1. The molecule has 1 N–H and O–H groups in total. The molecular weight excluding hydrogens is 290 g/mol. The molecule has 1 amide bonds. The summed E-state index contributed by atoms with van der Waals surface area (Å²) < 4.78 is 28.8. The molecular formula is C12H16ClNO4S. The molecule has 0 unspecified atom stereocenters. The Bertz CT molecular complexity index is 530. The van der Waals surface area contributed by atoms with Crippen molar-refractivity contribution in [1.82, 2.24) is 5.32 Å². The molecule has 0 atom stereocenters. The Morgan fingerprint density at radius 3 is 2.68 bits per heavy atom. The molecule has 7 heteroatoms. The highest BCUT2D eigenvalue weighted by atomic mass is 35.5. The number of halogens is 1. The number of carbonyl (C=O) groups is 1. The molecule has 1 aromatic carbocycles. The van der Waals surface area contributed by atoms with Crippen molar-refractivity contribution in [2.45, 2.75) is 11.3 Å². The molecule has 0 bridgehead atoms. The summed E-state index contributed by atoms with van der Waals surface area (Å²) in [4.78, 5) is 11.5. The fraction of sp³-hybridized carbons (Fsp3) is 0.417. The Morgan fingerprint density at radius 2 is 2.05 bits per heavy atom. The van der Waals surface area contributed by atoms with Gasteiger partial charge in [0.05, 0.1) is 22.3 Å². The van der Waals surface area contributed by atoms with Gasteiger partial charge in [0, 0.05) is 20.1 Å². The first-order valence-corrected chi connectivity index (χ1v) is 7.73. The minimum atomic E-state index is -3.54. The number of amides is 1. The molecule has 0 fully saturated rings. The van der Waals surface area contributed by atoms with Crippen LogP contribution in [0, 0.1) is 0 Å². The van der Waals surface area contributed by atoms with Crippen LogP contribution >= 0.6 is 11.6 Å². The molecule has 1 rings (SSSR count). The minimum absolute atomic E-state index is 0.0568. The van der Waals surface area contributed by atoms with E-state index < -0.39 is 9.84 Å². The Hall–Kier alpha value is -1.11. The van der Waals surface area contributed by atoms with Crippen molar-refractivity contribution in [3.05, 3.63) is 29.3 Å². The van der Waals surface area contributed by atoms with E-state index in [1.807, 2.05) is 0 Å². The first-order chi connectivity index (χ1) is 8.97. The lowest BCUT2D eigenvalue weighted by Gasteiger charge is -2.07. The molecule has 0 saturated heterocycles. The molecule has 0 saturated carbocycles. The van der Waals surface area contributed by atoms with E-state index in [0.717, 1.165) is 0 Å². The predicted molar refractivity (Wildman–Crippen MR) is 73.0 cm³/mol. The maximum atomic E-state index is 12.0. The largest absolute Gasteiger partial charge is 0.383 e. The summed E-state index contributed by atoms with van der Waals surface area (Å²) in [5.41, 5.74) is 0. The summed E-state index contributed by atoms with van der Waals surface area (Å²) in [6.45, 7) is 0.754. The fourth-order valence-corrected chi connectivity index (χ4v) is 3.23. The lowest BCUT2D eigenvalue weighted by molar-refractivity contribution is -0.120. The van der Waals surface area contributed by atoms with Crippen LogP contribution in [0.25, 0.3) is 0 Å². The van der Waals surface area contributed by atoms with Gasteiger partial charge in [0.15, 0.2) is 9.84 Å². The van der Waals surface area contributed by atoms with Crippen LogP contribution in [0.15, 0.2) is 29.2 Å². The van der Waals surface area contributed by atoms with E-state index >= 15 is 0 Å². The third-order valence-electron chi connectivity index (χ3n) is 2.40. The normalized spacial score (nSPS) is 11.3.